The summed E-state index contributed by atoms with van der Waals surface area (Å²) >= 11 is 0. The summed E-state index contributed by atoms with van der Waals surface area (Å²) in [7, 11) is 0. The first-order valence-corrected chi connectivity index (χ1v) is 8.43. The average Bonchev–Trinajstić information content (AvgIpc) is 2.33. The Labute approximate surface area is 136 Å². The largest absolute Gasteiger partial charge is 0.350 e. The van der Waals surface area contributed by atoms with E-state index in [0.29, 0.717) is 18.3 Å². The maximum Gasteiger partial charge on any atom is 0.239 e. The van der Waals surface area contributed by atoms with Crippen LogP contribution < -0.4 is 10.6 Å². The second kappa shape index (κ2) is 8.54. The number of carbonyl (C=O) groups is 2. The molecule has 0 aromatic heterocycles. The quantitative estimate of drug-likeness (QED) is 0.684. The van der Waals surface area contributed by atoms with Crippen LogP contribution in [-0.4, -0.2) is 23.9 Å². The molecular weight excluding hydrogens is 276 g/mol. The Morgan fingerprint density at radius 1 is 0.909 bits per heavy atom. The van der Waals surface area contributed by atoms with Crippen LogP contribution in [0.2, 0.25) is 0 Å². The predicted molar refractivity (Wildman–Crippen MR) is 92.5 cm³/mol. The Bertz CT molecular complexity index is 371. The second-order valence-electron chi connectivity index (χ2n) is 8.45. The molecule has 0 aliphatic carbocycles. The molecule has 0 unspecified atom stereocenters. The third-order valence-corrected chi connectivity index (χ3v) is 4.47. The lowest BCUT2D eigenvalue weighted by Gasteiger charge is -2.34. The highest BCUT2D eigenvalue weighted by molar-refractivity contribution is 5.85. The first-order chi connectivity index (χ1) is 9.85. The van der Waals surface area contributed by atoms with Gasteiger partial charge in [-0.15, -0.1) is 0 Å². The van der Waals surface area contributed by atoms with E-state index in [1.54, 1.807) is 0 Å². The topological polar surface area (TPSA) is 58.2 Å². The van der Waals surface area contributed by atoms with E-state index < -0.39 is 0 Å². The lowest BCUT2D eigenvalue weighted by Crippen LogP contribution is -2.48. The van der Waals surface area contributed by atoms with Gasteiger partial charge in [-0.05, 0) is 43.9 Å². The summed E-state index contributed by atoms with van der Waals surface area (Å²) in [5, 5.41) is 5.70. The van der Waals surface area contributed by atoms with Crippen molar-refractivity contribution in [1.82, 2.24) is 10.6 Å². The van der Waals surface area contributed by atoms with Gasteiger partial charge in [-0.2, -0.15) is 0 Å². The van der Waals surface area contributed by atoms with Crippen molar-refractivity contribution in [3.63, 3.8) is 0 Å². The number of amides is 2. The smallest absolute Gasteiger partial charge is 0.239 e. The Hall–Kier alpha value is -1.06. The van der Waals surface area contributed by atoms with Crippen molar-refractivity contribution in [2.45, 2.75) is 80.2 Å². The molecule has 0 aromatic carbocycles. The molecule has 0 aliphatic heterocycles. The lowest BCUT2D eigenvalue weighted by atomic mass is 9.75. The van der Waals surface area contributed by atoms with Gasteiger partial charge in [0.15, 0.2) is 0 Å². The Morgan fingerprint density at radius 2 is 1.45 bits per heavy atom. The Morgan fingerprint density at radius 3 is 1.91 bits per heavy atom. The van der Waals surface area contributed by atoms with Gasteiger partial charge in [0.05, 0.1) is 6.54 Å². The minimum absolute atomic E-state index is 0.0581. The van der Waals surface area contributed by atoms with Crippen LogP contribution in [0.25, 0.3) is 0 Å². The van der Waals surface area contributed by atoms with Gasteiger partial charge in [0.2, 0.25) is 11.8 Å². The Balaban J connectivity index is 4.24. The van der Waals surface area contributed by atoms with Crippen LogP contribution in [0.3, 0.4) is 0 Å². The molecule has 0 saturated heterocycles. The number of hydrogen-bond donors (Lipinski definition) is 2. The summed E-state index contributed by atoms with van der Waals surface area (Å²) < 4.78 is 0. The highest BCUT2D eigenvalue weighted by Gasteiger charge is 2.27. The van der Waals surface area contributed by atoms with Gasteiger partial charge in [0, 0.05) is 12.0 Å². The fraction of sp³-hybridized carbons (Fsp3) is 0.889. The zero-order valence-corrected chi connectivity index (χ0v) is 15.8. The molecule has 0 atom stereocenters. The fourth-order valence-electron chi connectivity index (χ4n) is 2.03. The molecule has 0 fully saturated rings. The van der Waals surface area contributed by atoms with Crippen LogP contribution in [0, 0.1) is 17.3 Å². The van der Waals surface area contributed by atoms with Crippen LogP contribution in [0.4, 0.5) is 0 Å². The molecule has 22 heavy (non-hydrogen) atoms. The summed E-state index contributed by atoms with van der Waals surface area (Å²) in [6.07, 6.45) is 2.43. The first kappa shape index (κ1) is 20.9. The van der Waals surface area contributed by atoms with Crippen molar-refractivity contribution in [3.05, 3.63) is 0 Å². The van der Waals surface area contributed by atoms with Crippen LogP contribution in [0.1, 0.15) is 74.7 Å². The van der Waals surface area contributed by atoms with Gasteiger partial charge < -0.3 is 10.6 Å². The minimum Gasteiger partial charge on any atom is -0.350 e. The molecular formula is C18H36N2O2. The number of carbonyl (C=O) groups excluding carboxylic acids is 2. The van der Waals surface area contributed by atoms with Crippen molar-refractivity contribution in [1.29, 1.82) is 0 Å². The van der Waals surface area contributed by atoms with Crippen LogP contribution in [0.15, 0.2) is 0 Å². The maximum absolute atomic E-state index is 12.0. The molecule has 2 amide bonds. The summed E-state index contributed by atoms with van der Waals surface area (Å²) in [4.78, 5) is 23.5. The third kappa shape index (κ3) is 9.06. The van der Waals surface area contributed by atoms with Crippen LogP contribution in [0.5, 0.6) is 0 Å². The monoisotopic (exact) mass is 312 g/mol. The second-order valence-corrected chi connectivity index (χ2v) is 8.45. The molecule has 0 bridgehead atoms. The molecule has 130 valence electrons. The van der Waals surface area contributed by atoms with Gasteiger partial charge in [-0.3, -0.25) is 9.59 Å². The van der Waals surface area contributed by atoms with Crippen LogP contribution >= 0.6 is 0 Å². The van der Waals surface area contributed by atoms with Gasteiger partial charge >= 0.3 is 0 Å². The standard InChI is InChI=1S/C18H36N2O2/c1-13(2)11-15(21)19-12-16(22)20-18(7,8)10-9-17(5,6)14(3)4/h13-14H,9-12H2,1-8H3,(H,19,21)(H,20,22). The van der Waals surface area contributed by atoms with Crippen molar-refractivity contribution in [2.24, 2.45) is 17.3 Å². The van der Waals surface area contributed by atoms with E-state index in [0.717, 1.165) is 12.8 Å². The van der Waals surface area contributed by atoms with Gasteiger partial charge in [-0.1, -0.05) is 41.5 Å². The number of nitrogens with one attached hydrogen (secondary N) is 2. The maximum atomic E-state index is 12.0. The zero-order chi connectivity index (χ0) is 17.6. The predicted octanol–water partition coefficient (Wildman–Crippen LogP) is 3.51. The molecule has 0 radical (unpaired) electrons. The molecule has 0 spiro atoms. The van der Waals surface area contributed by atoms with E-state index in [2.05, 4.69) is 38.3 Å². The summed E-state index contributed by atoms with van der Waals surface area (Å²) in [6, 6.07) is 0. The van der Waals surface area contributed by atoms with Crippen molar-refractivity contribution in [3.8, 4) is 0 Å². The number of rotatable bonds is 9. The molecule has 4 nitrogen and oxygen atoms in total. The summed E-state index contributed by atoms with van der Waals surface area (Å²) in [5.74, 6) is 0.723. The number of hydrogen-bond acceptors (Lipinski definition) is 2. The van der Waals surface area contributed by atoms with E-state index >= 15 is 0 Å². The van der Waals surface area contributed by atoms with Gasteiger partial charge in [-0.25, -0.2) is 0 Å². The van der Waals surface area contributed by atoms with E-state index in [1.165, 1.54) is 0 Å². The van der Waals surface area contributed by atoms with E-state index in [-0.39, 0.29) is 29.3 Å². The van der Waals surface area contributed by atoms with Gasteiger partial charge in [0.25, 0.3) is 0 Å². The van der Waals surface area contributed by atoms with Gasteiger partial charge in [0.1, 0.15) is 0 Å². The molecule has 0 aromatic rings. The first-order valence-electron chi connectivity index (χ1n) is 8.43. The summed E-state index contributed by atoms with van der Waals surface area (Å²) in [6.45, 7) is 17.1. The highest BCUT2D eigenvalue weighted by atomic mass is 16.2. The SMILES string of the molecule is CC(C)CC(=O)NCC(=O)NC(C)(C)CCC(C)(C)C(C)C. The molecule has 0 rings (SSSR count). The molecule has 0 saturated carbocycles. The molecule has 0 heterocycles. The average molecular weight is 312 g/mol. The normalized spacial score (nSPS) is 12.6. The van der Waals surface area contributed by atoms with Crippen molar-refractivity contribution >= 4 is 11.8 Å². The molecule has 4 heteroatoms. The third-order valence-electron chi connectivity index (χ3n) is 4.47. The van der Waals surface area contributed by atoms with Crippen molar-refractivity contribution < 1.29 is 9.59 Å². The fourth-order valence-corrected chi connectivity index (χ4v) is 2.03. The summed E-state index contributed by atoms with van der Waals surface area (Å²) in [5.41, 5.74) is -0.000499. The van der Waals surface area contributed by atoms with E-state index in [9.17, 15) is 9.59 Å². The van der Waals surface area contributed by atoms with Crippen molar-refractivity contribution in [2.75, 3.05) is 6.54 Å². The minimum atomic E-state index is -0.258. The molecule has 2 N–H and O–H groups in total. The zero-order valence-electron chi connectivity index (χ0n) is 15.8. The lowest BCUT2D eigenvalue weighted by molar-refractivity contribution is -0.127. The Kier molecular flexibility index (Phi) is 8.13. The molecule has 0 aliphatic rings. The highest BCUT2D eigenvalue weighted by Crippen LogP contribution is 2.33. The van der Waals surface area contributed by atoms with E-state index in [1.807, 2.05) is 27.7 Å². The van der Waals surface area contributed by atoms with Crippen LogP contribution in [-0.2, 0) is 9.59 Å². The van der Waals surface area contributed by atoms with E-state index in [4.69, 9.17) is 0 Å².